The van der Waals surface area contributed by atoms with E-state index in [0.717, 1.165) is 131 Å². The van der Waals surface area contributed by atoms with Gasteiger partial charge in [-0.2, -0.15) is 0 Å². The van der Waals surface area contributed by atoms with Gasteiger partial charge < -0.3 is 38.7 Å². The first kappa shape index (κ1) is 41.1. The van der Waals surface area contributed by atoms with Crippen LogP contribution in [-0.2, 0) is 32.3 Å². The van der Waals surface area contributed by atoms with Crippen LogP contribution in [0.1, 0.15) is 83.8 Å². The largest absolute Gasteiger partial charge is 0.488 e. The van der Waals surface area contributed by atoms with Crippen LogP contribution < -0.4 is 9.47 Å². The minimum absolute atomic E-state index is 0.106. The number of hydrogen-bond donors (Lipinski definition) is 2. The molecule has 4 fully saturated rings. The number of amides is 2. The molecule has 0 bridgehead atoms. The number of rotatable bonds is 12. The molecular weight excluding hydrogens is 833 g/mol. The van der Waals surface area contributed by atoms with Crippen molar-refractivity contribution in [3.05, 3.63) is 131 Å². The summed E-state index contributed by atoms with van der Waals surface area (Å²) in [5.74, 6) is 3.43. The monoisotopic (exact) mass is 886 g/mol. The second-order valence-electron chi connectivity index (χ2n) is 18.6. The van der Waals surface area contributed by atoms with Crippen molar-refractivity contribution in [2.24, 2.45) is 0 Å². The number of methoxy groups -OCH3 is 2. The van der Waals surface area contributed by atoms with E-state index in [9.17, 15) is 9.59 Å². The normalized spacial score (nSPS) is 21.4. The number of aromatic amines is 2. The average molecular weight is 887 g/mol. The minimum Gasteiger partial charge on any atom is -0.488 e. The lowest BCUT2D eigenvalue weighted by atomic mass is 9.87. The molecule has 8 heterocycles. The summed E-state index contributed by atoms with van der Waals surface area (Å²) in [5.41, 5.74) is 9.89. The van der Waals surface area contributed by atoms with Crippen molar-refractivity contribution in [3.63, 3.8) is 0 Å². The molecule has 338 valence electrons. The Labute approximate surface area is 383 Å². The van der Waals surface area contributed by atoms with Gasteiger partial charge in [-0.1, -0.05) is 60.7 Å². The van der Waals surface area contributed by atoms with Crippen LogP contribution in [0, 0.1) is 0 Å². The molecule has 2 unspecified atom stereocenters. The first-order valence-corrected chi connectivity index (χ1v) is 23.4. The van der Waals surface area contributed by atoms with Gasteiger partial charge in [0.25, 0.3) is 0 Å². The van der Waals surface area contributed by atoms with Crippen molar-refractivity contribution in [1.82, 2.24) is 39.5 Å². The van der Waals surface area contributed by atoms with Gasteiger partial charge in [-0.15, -0.1) is 0 Å². The number of carbonyl (C=O) groups excluding carboxylic acids is 2. The standard InChI is InChI=1S/C52H54N8O6/c1-63-37-25-57(26-37)47(31-11-5-3-6-12-31)51(61)59-17-9-15-41(59)49-53-23-39(55-49)33-19-35-29-66-44-22-34(20-36-30-65-43(21-33)45(35)46(36)44)40-24-54-50(56-40)42-16-10-18-60(42)52(62)48(32-13-7-4-8-14-32)58-27-38(28-58)64-2/h3-8,11-14,19-24,37-38,41-42,47-48H,9-10,15-18,25-30H2,1-2H3,(H,53,55)(H,54,56)/t41-,42-,47?,48?/m0/s1. The van der Waals surface area contributed by atoms with Crippen LogP contribution in [0.2, 0.25) is 0 Å². The first-order chi connectivity index (χ1) is 32.4. The number of carbonyl (C=O) groups is 2. The van der Waals surface area contributed by atoms with Crippen molar-refractivity contribution in [2.45, 2.75) is 75.3 Å². The first-order valence-electron chi connectivity index (χ1n) is 23.4. The van der Waals surface area contributed by atoms with Crippen molar-refractivity contribution in [2.75, 3.05) is 53.5 Å². The van der Waals surface area contributed by atoms with Crippen LogP contribution in [0.5, 0.6) is 11.5 Å². The highest BCUT2D eigenvalue weighted by Crippen LogP contribution is 2.51. The molecule has 2 aromatic heterocycles. The number of aromatic nitrogens is 4. The van der Waals surface area contributed by atoms with Gasteiger partial charge in [0.1, 0.15) is 48.4 Å². The van der Waals surface area contributed by atoms with Crippen LogP contribution >= 0.6 is 0 Å². The van der Waals surface area contributed by atoms with Gasteiger partial charge in [-0.3, -0.25) is 19.4 Å². The molecule has 6 aliphatic rings. The maximum absolute atomic E-state index is 14.4. The molecule has 6 aromatic rings. The number of nitrogens with zero attached hydrogens (tertiary/aromatic N) is 6. The summed E-state index contributed by atoms with van der Waals surface area (Å²) >= 11 is 0. The van der Waals surface area contributed by atoms with Crippen molar-refractivity contribution in [3.8, 4) is 45.1 Å². The second kappa shape index (κ2) is 16.8. The highest BCUT2D eigenvalue weighted by molar-refractivity contribution is 5.89. The Balaban J connectivity index is 0.775. The molecule has 14 nitrogen and oxygen atoms in total. The molecular formula is C52H54N8O6. The summed E-state index contributed by atoms with van der Waals surface area (Å²) in [5, 5.41) is 0. The summed E-state index contributed by atoms with van der Waals surface area (Å²) in [4.78, 5) is 54.3. The number of ether oxygens (including phenoxy) is 4. The number of H-pyrrole nitrogens is 2. The van der Waals surface area contributed by atoms with E-state index in [4.69, 9.17) is 28.9 Å². The fraction of sp³-hybridized carbons (Fsp3) is 0.385. The maximum atomic E-state index is 14.4. The third-order valence-corrected chi connectivity index (χ3v) is 14.7. The van der Waals surface area contributed by atoms with Crippen molar-refractivity contribution >= 4 is 11.8 Å². The topological polar surface area (TPSA) is 141 Å². The number of likely N-dealkylation sites (tertiary alicyclic amines) is 4. The Hall–Kier alpha value is -6.32. The molecule has 0 aliphatic carbocycles. The number of nitrogens with one attached hydrogen (secondary N) is 2. The molecule has 66 heavy (non-hydrogen) atoms. The van der Waals surface area contributed by atoms with Crippen LogP contribution in [0.3, 0.4) is 0 Å². The second-order valence-corrected chi connectivity index (χ2v) is 18.6. The van der Waals surface area contributed by atoms with Gasteiger partial charge in [0.05, 0.1) is 48.1 Å². The van der Waals surface area contributed by atoms with E-state index >= 15 is 0 Å². The third-order valence-electron chi connectivity index (χ3n) is 14.7. The van der Waals surface area contributed by atoms with Gasteiger partial charge in [0.15, 0.2) is 0 Å². The number of imidazole rings is 2. The quantitative estimate of drug-likeness (QED) is 0.128. The Kier molecular flexibility index (Phi) is 10.5. The highest BCUT2D eigenvalue weighted by atomic mass is 16.5. The zero-order valence-electron chi connectivity index (χ0n) is 37.3. The lowest BCUT2D eigenvalue weighted by Gasteiger charge is -2.44. The molecule has 0 spiro atoms. The fourth-order valence-corrected chi connectivity index (χ4v) is 11.2. The van der Waals surface area contributed by atoms with Gasteiger partial charge in [-0.25, -0.2) is 9.97 Å². The fourth-order valence-electron chi connectivity index (χ4n) is 11.2. The van der Waals surface area contributed by atoms with E-state index in [-0.39, 0.29) is 48.2 Å². The molecule has 4 aromatic carbocycles. The van der Waals surface area contributed by atoms with E-state index in [2.05, 4.69) is 44.0 Å². The van der Waals surface area contributed by atoms with Gasteiger partial charge in [0, 0.05) is 86.9 Å². The van der Waals surface area contributed by atoms with E-state index in [0.29, 0.717) is 26.3 Å². The smallest absolute Gasteiger partial charge is 0.245 e. The molecule has 0 saturated carbocycles. The predicted octanol–water partition coefficient (Wildman–Crippen LogP) is 7.39. The van der Waals surface area contributed by atoms with Crippen LogP contribution in [0.4, 0.5) is 0 Å². The molecule has 14 heteroatoms. The van der Waals surface area contributed by atoms with Crippen molar-refractivity contribution < 1.29 is 28.5 Å². The summed E-state index contributed by atoms with van der Waals surface area (Å²) in [6.07, 6.45) is 7.56. The van der Waals surface area contributed by atoms with Gasteiger partial charge in [-0.05, 0) is 61.1 Å². The lowest BCUT2D eigenvalue weighted by molar-refractivity contribution is -0.145. The number of hydrogen-bond acceptors (Lipinski definition) is 10. The van der Waals surface area contributed by atoms with Crippen LogP contribution in [0.15, 0.2) is 97.3 Å². The predicted molar refractivity (Wildman–Crippen MR) is 246 cm³/mol. The van der Waals surface area contributed by atoms with E-state index in [1.54, 1.807) is 14.2 Å². The molecule has 12 rings (SSSR count). The van der Waals surface area contributed by atoms with Gasteiger partial charge >= 0.3 is 0 Å². The summed E-state index contributed by atoms with van der Waals surface area (Å²) in [7, 11) is 3.47. The Bertz CT molecular complexity index is 2540. The Morgan fingerprint density at radius 2 is 1.05 bits per heavy atom. The Morgan fingerprint density at radius 1 is 0.621 bits per heavy atom. The van der Waals surface area contributed by atoms with E-state index in [1.807, 2.05) is 82.9 Å². The van der Waals surface area contributed by atoms with E-state index < -0.39 is 0 Å². The minimum atomic E-state index is -0.363. The molecule has 4 atom stereocenters. The van der Waals surface area contributed by atoms with Crippen molar-refractivity contribution in [1.29, 1.82) is 0 Å². The third kappa shape index (κ3) is 7.09. The zero-order chi connectivity index (χ0) is 44.5. The molecule has 2 amide bonds. The summed E-state index contributed by atoms with van der Waals surface area (Å²) in [6.45, 7) is 5.07. The summed E-state index contributed by atoms with van der Waals surface area (Å²) < 4.78 is 24.2. The molecule has 0 radical (unpaired) electrons. The summed E-state index contributed by atoms with van der Waals surface area (Å²) in [6, 6.07) is 27.7. The average Bonchev–Trinajstić information content (AvgIpc) is 4.18. The molecule has 2 N–H and O–H groups in total. The zero-order valence-corrected chi connectivity index (χ0v) is 37.3. The van der Waals surface area contributed by atoms with E-state index in [1.165, 1.54) is 0 Å². The lowest BCUT2D eigenvalue weighted by Crippen LogP contribution is -2.56. The Morgan fingerprint density at radius 3 is 1.45 bits per heavy atom. The van der Waals surface area contributed by atoms with Gasteiger partial charge in [0.2, 0.25) is 11.8 Å². The van der Waals surface area contributed by atoms with Crippen LogP contribution in [-0.4, -0.2) is 117 Å². The SMILES string of the molecule is COC1CN(C(C(=O)N2CCC[C@H]2c2ncc(-c3cc4c5c(c3)OCc3cc(-c6cnc([C@@H]7CCCN7C(=O)C(c7ccccc7)N7CC(OC)C7)[nH]6)cc(c3-5)OC4)[nH]2)c2ccccc2)C1. The van der Waals surface area contributed by atoms with Crippen LogP contribution in [0.25, 0.3) is 33.6 Å². The number of benzene rings is 4. The molecule has 6 aliphatic heterocycles. The maximum Gasteiger partial charge on any atom is 0.245 e. The highest BCUT2D eigenvalue weighted by Gasteiger charge is 2.44. The molecule has 4 saturated heterocycles.